The molecule has 2 N–H and O–H groups in total. The van der Waals surface area contributed by atoms with E-state index in [1.807, 2.05) is 0 Å². The van der Waals surface area contributed by atoms with Crippen LogP contribution in [0.2, 0.25) is 0 Å². The van der Waals surface area contributed by atoms with Crippen LogP contribution in [0.25, 0.3) is 0 Å². The molecule has 0 aromatic heterocycles. The lowest BCUT2D eigenvalue weighted by Crippen LogP contribution is -2.61. The third-order valence-corrected chi connectivity index (χ3v) is 5.88. The maximum absolute atomic E-state index is 12.8. The smallest absolute Gasteiger partial charge is 0.356 e. The summed E-state index contributed by atoms with van der Waals surface area (Å²) in [6.07, 6.45) is 0.979. The topological polar surface area (TPSA) is 139 Å². The molecule has 0 saturated carbocycles. The van der Waals surface area contributed by atoms with Crippen LogP contribution in [-0.2, 0) is 25.7 Å². The molecule has 2 amide bonds. The molecule has 11 heteroatoms. The van der Waals surface area contributed by atoms with E-state index in [1.54, 1.807) is 5.41 Å². The number of nitro benzene ring substituents is 1. The Kier molecular flexibility index (Phi) is 6.76. The molecule has 31 heavy (non-hydrogen) atoms. The fourth-order valence-electron chi connectivity index (χ4n) is 3.52. The van der Waals surface area contributed by atoms with Gasteiger partial charge in [0.25, 0.3) is 5.69 Å². The third kappa shape index (κ3) is 4.78. The van der Waals surface area contributed by atoms with Gasteiger partial charge in [-0.3, -0.25) is 19.7 Å². The van der Waals surface area contributed by atoms with E-state index in [2.05, 4.69) is 5.32 Å². The summed E-state index contributed by atoms with van der Waals surface area (Å²) in [6, 6.07) is 5.27. The van der Waals surface area contributed by atoms with Gasteiger partial charge in [-0.15, -0.1) is 0 Å². The summed E-state index contributed by atoms with van der Waals surface area (Å²) >= 11 is 1.19. The fraction of sp³-hybridized carbons (Fsp3) is 0.350. The second-order valence-electron chi connectivity index (χ2n) is 7.14. The van der Waals surface area contributed by atoms with E-state index in [-0.39, 0.29) is 35.8 Å². The highest BCUT2D eigenvalue weighted by Gasteiger charge is 2.56. The number of thioether (sulfide) groups is 1. The fourth-order valence-corrected chi connectivity index (χ4v) is 4.39. The van der Waals surface area contributed by atoms with Gasteiger partial charge in [-0.1, -0.05) is 11.8 Å². The molecule has 1 aromatic carbocycles. The Bertz CT molecular complexity index is 971. The Morgan fingerprint density at radius 2 is 2.10 bits per heavy atom. The molecule has 3 atom stereocenters. The number of nitrogens with zero attached hydrogens (tertiary/aromatic N) is 2. The number of nitro groups is 1. The van der Waals surface area contributed by atoms with Gasteiger partial charge in [-0.2, -0.15) is 0 Å². The van der Waals surface area contributed by atoms with Crippen LogP contribution in [0.3, 0.4) is 0 Å². The van der Waals surface area contributed by atoms with Crippen molar-refractivity contribution in [3.05, 3.63) is 62.2 Å². The quantitative estimate of drug-likeness (QED) is 0.266. The number of aliphatic hydroxyl groups excluding tert-OH is 1. The van der Waals surface area contributed by atoms with Crippen LogP contribution in [0, 0.1) is 16.0 Å². The highest BCUT2D eigenvalue weighted by molar-refractivity contribution is 8.05. The summed E-state index contributed by atoms with van der Waals surface area (Å²) in [7, 11) is 0. The van der Waals surface area contributed by atoms with E-state index < -0.39 is 22.9 Å². The molecular weight excluding hydrogens is 426 g/mol. The predicted molar refractivity (Wildman–Crippen MR) is 111 cm³/mol. The van der Waals surface area contributed by atoms with Crippen LogP contribution in [0.1, 0.15) is 25.8 Å². The van der Waals surface area contributed by atoms with Crippen LogP contribution in [0.4, 0.5) is 5.69 Å². The van der Waals surface area contributed by atoms with Crippen molar-refractivity contribution in [3.63, 3.8) is 0 Å². The molecular formula is C20H21N3O7S. The molecule has 3 rings (SSSR count). The van der Waals surface area contributed by atoms with Gasteiger partial charge in [0.1, 0.15) is 12.3 Å². The van der Waals surface area contributed by atoms with Gasteiger partial charge in [0.2, 0.25) is 11.8 Å². The predicted octanol–water partition coefficient (Wildman–Crippen LogP) is 1.80. The van der Waals surface area contributed by atoms with Crippen LogP contribution >= 0.6 is 11.8 Å². The second kappa shape index (κ2) is 9.31. The Hall–Kier alpha value is -3.18. The number of β-lactam (4-membered cyclic amide) rings is 1. The van der Waals surface area contributed by atoms with Crippen LogP contribution in [0.15, 0.2) is 46.5 Å². The Balaban J connectivity index is 1.74. The lowest BCUT2D eigenvalue weighted by molar-refractivity contribution is -0.384. The van der Waals surface area contributed by atoms with E-state index >= 15 is 0 Å². The zero-order valence-electron chi connectivity index (χ0n) is 16.8. The highest BCUT2D eigenvalue weighted by atomic mass is 32.2. The number of carbonyl (C=O) groups is 3. The first kappa shape index (κ1) is 22.5. The van der Waals surface area contributed by atoms with Crippen molar-refractivity contribution in [1.82, 2.24) is 10.2 Å². The molecule has 1 aromatic rings. The number of aliphatic hydroxyl groups is 1. The van der Waals surface area contributed by atoms with Crippen LogP contribution in [0.5, 0.6) is 0 Å². The number of esters is 1. The van der Waals surface area contributed by atoms with Gasteiger partial charge in [-0.25, -0.2) is 4.79 Å². The van der Waals surface area contributed by atoms with E-state index in [0.717, 1.165) is 0 Å². The molecule has 1 fully saturated rings. The molecule has 2 aliphatic rings. The molecule has 2 heterocycles. The van der Waals surface area contributed by atoms with Gasteiger partial charge in [0.05, 0.1) is 23.0 Å². The molecule has 1 saturated heterocycles. The summed E-state index contributed by atoms with van der Waals surface area (Å²) in [6.45, 7) is 2.78. The number of rotatable bonds is 8. The van der Waals surface area contributed by atoms with Crippen LogP contribution in [-0.4, -0.2) is 44.9 Å². The first-order valence-electron chi connectivity index (χ1n) is 9.44. The van der Waals surface area contributed by atoms with Crippen LogP contribution < -0.4 is 5.32 Å². The van der Waals surface area contributed by atoms with E-state index in [4.69, 9.17) is 4.74 Å². The SMILES string of the molecule is CC(=O)N/C=C/SC1=C(C(=O)OCc2ccc([N+](=O)[O-])cc2)N2C(=O)[C@H]([C@@H](C)O)[C@H]2C1. The van der Waals surface area contributed by atoms with Crippen molar-refractivity contribution in [3.8, 4) is 0 Å². The van der Waals surface area contributed by atoms with Crippen molar-refractivity contribution in [2.24, 2.45) is 5.92 Å². The van der Waals surface area contributed by atoms with Crippen molar-refractivity contribution in [1.29, 1.82) is 0 Å². The maximum Gasteiger partial charge on any atom is 0.356 e. The molecule has 0 radical (unpaired) electrons. The number of non-ortho nitro benzene ring substituents is 1. The summed E-state index contributed by atoms with van der Waals surface area (Å²) in [5, 5.41) is 24.7. The minimum absolute atomic E-state index is 0.0728. The number of carbonyl (C=O) groups excluding carboxylic acids is 3. The molecule has 0 bridgehead atoms. The Labute approximate surface area is 182 Å². The third-order valence-electron chi connectivity index (χ3n) is 4.96. The Morgan fingerprint density at radius 1 is 1.42 bits per heavy atom. The first-order chi connectivity index (χ1) is 14.7. The van der Waals surface area contributed by atoms with Crippen molar-refractivity contribution >= 4 is 35.2 Å². The molecule has 2 aliphatic heterocycles. The minimum Gasteiger partial charge on any atom is -0.456 e. The molecule has 0 spiro atoms. The van der Waals surface area contributed by atoms with E-state index in [0.29, 0.717) is 16.9 Å². The second-order valence-corrected chi connectivity index (χ2v) is 8.14. The van der Waals surface area contributed by atoms with Crippen molar-refractivity contribution < 1.29 is 29.2 Å². The highest BCUT2D eigenvalue weighted by Crippen LogP contribution is 2.47. The lowest BCUT2D eigenvalue weighted by atomic mass is 9.83. The van der Waals surface area contributed by atoms with Gasteiger partial charge in [-0.05, 0) is 30.0 Å². The van der Waals surface area contributed by atoms with Gasteiger partial charge >= 0.3 is 5.97 Å². The standard InChI is InChI=1S/C20H21N3O7S/c1-11(24)17-15-9-16(31-8-7-21-12(2)25)18(22(15)19(17)26)20(27)30-10-13-3-5-14(6-4-13)23(28)29/h3-8,11,15,17,24H,9-10H2,1-2H3,(H,21,25)/b8-7+/t11-,15-,17-/m1/s1. The van der Waals surface area contributed by atoms with Gasteiger partial charge in [0, 0.05) is 36.6 Å². The molecule has 164 valence electrons. The Morgan fingerprint density at radius 3 is 2.68 bits per heavy atom. The van der Waals surface area contributed by atoms with Gasteiger partial charge < -0.3 is 20.1 Å². The van der Waals surface area contributed by atoms with E-state index in [1.165, 1.54) is 61.0 Å². The minimum atomic E-state index is -0.842. The number of hydrogen-bond donors (Lipinski definition) is 2. The summed E-state index contributed by atoms with van der Waals surface area (Å²) < 4.78 is 5.35. The zero-order chi connectivity index (χ0) is 22.7. The lowest BCUT2D eigenvalue weighted by Gasteiger charge is -2.44. The summed E-state index contributed by atoms with van der Waals surface area (Å²) in [5.74, 6) is -1.87. The number of ether oxygens (including phenoxy) is 1. The normalized spacial score (nSPS) is 21.0. The average Bonchev–Trinajstić information content (AvgIpc) is 3.03. The number of amides is 2. The number of benzene rings is 1. The van der Waals surface area contributed by atoms with Crippen molar-refractivity contribution in [2.75, 3.05) is 0 Å². The number of hydrogen-bond acceptors (Lipinski definition) is 8. The number of nitrogens with one attached hydrogen (secondary N) is 1. The monoisotopic (exact) mass is 447 g/mol. The van der Waals surface area contributed by atoms with E-state index in [9.17, 15) is 29.6 Å². The van der Waals surface area contributed by atoms with Gasteiger partial charge in [0.15, 0.2) is 0 Å². The zero-order valence-corrected chi connectivity index (χ0v) is 17.6. The largest absolute Gasteiger partial charge is 0.456 e. The first-order valence-corrected chi connectivity index (χ1v) is 10.3. The number of fused-ring (bicyclic) bond motifs is 1. The average molecular weight is 447 g/mol. The maximum atomic E-state index is 12.8. The summed E-state index contributed by atoms with van der Waals surface area (Å²) in [5.41, 5.74) is 0.605. The molecule has 0 aliphatic carbocycles. The van der Waals surface area contributed by atoms with Crippen molar-refractivity contribution in [2.45, 2.75) is 39.0 Å². The molecule has 0 unspecified atom stereocenters. The summed E-state index contributed by atoms with van der Waals surface area (Å²) in [4.78, 5) is 48.5. The molecule has 10 nitrogen and oxygen atoms in total.